The van der Waals surface area contributed by atoms with Crippen molar-refractivity contribution in [2.75, 3.05) is 6.61 Å². The molecular weight excluding hydrogens is 509 g/mol. The molecule has 13 heteroatoms. The summed E-state index contributed by atoms with van der Waals surface area (Å²) in [7, 11) is -4.08. The molecule has 1 aliphatic rings. The van der Waals surface area contributed by atoms with E-state index in [2.05, 4.69) is 26.0 Å². The van der Waals surface area contributed by atoms with Crippen molar-refractivity contribution in [3.63, 3.8) is 0 Å². The molecule has 1 aliphatic heterocycles. The van der Waals surface area contributed by atoms with Crippen molar-refractivity contribution in [2.45, 2.75) is 45.1 Å². The van der Waals surface area contributed by atoms with Gasteiger partial charge in [-0.1, -0.05) is 15.9 Å². The van der Waals surface area contributed by atoms with E-state index in [0.29, 0.717) is 18.4 Å². The smallest absolute Gasteiger partial charge is 0.459 e. The molecule has 3 rings (SSSR count). The summed E-state index contributed by atoms with van der Waals surface area (Å²) in [5, 5.41) is 11.6. The predicted molar refractivity (Wildman–Crippen MR) is 118 cm³/mol. The number of aromatic amines is 1. The van der Waals surface area contributed by atoms with Crippen LogP contribution >= 0.6 is 23.7 Å². The van der Waals surface area contributed by atoms with Gasteiger partial charge in [-0.3, -0.25) is 23.7 Å². The van der Waals surface area contributed by atoms with Crippen molar-refractivity contribution in [2.24, 2.45) is 0 Å². The van der Waals surface area contributed by atoms with E-state index >= 15 is 0 Å². The van der Waals surface area contributed by atoms with Crippen LogP contribution in [0.25, 0.3) is 0 Å². The summed E-state index contributed by atoms with van der Waals surface area (Å²) in [5.74, 6) is -1.000. The minimum atomic E-state index is -4.08. The molecule has 0 amide bonds. The van der Waals surface area contributed by atoms with Crippen LogP contribution in [0.5, 0.6) is 5.75 Å². The van der Waals surface area contributed by atoms with E-state index in [1.165, 1.54) is 17.7 Å². The number of hydrogen-bond donors (Lipinski definition) is 3. The molecule has 11 nitrogen and oxygen atoms in total. The number of carbonyl (C=O) groups is 1. The number of nitrogens with one attached hydrogen (secondary N) is 2. The minimum Gasteiger partial charge on any atom is -0.480 e. The zero-order valence-corrected chi connectivity index (χ0v) is 19.8. The molecule has 3 N–H and O–H groups in total. The second kappa shape index (κ2) is 10.1. The van der Waals surface area contributed by atoms with Crippen molar-refractivity contribution in [3.8, 4) is 5.75 Å². The molecule has 0 aliphatic carbocycles. The van der Waals surface area contributed by atoms with Crippen molar-refractivity contribution < 1.29 is 28.3 Å². The molecule has 4 atom stereocenters. The van der Waals surface area contributed by atoms with E-state index in [0.717, 1.165) is 4.47 Å². The average molecular weight is 532 g/mol. The Morgan fingerprint density at radius 1 is 1.38 bits per heavy atom. The Balaban J connectivity index is 1.69. The second-order valence-electron chi connectivity index (χ2n) is 7.30. The third-order valence-electron chi connectivity index (χ3n) is 4.73. The maximum atomic E-state index is 13.2. The fraction of sp³-hybridized carbons (Fsp3) is 0.421. The molecule has 1 fully saturated rings. The summed E-state index contributed by atoms with van der Waals surface area (Å²) < 4.78 is 32.1. The predicted octanol–water partition coefficient (Wildman–Crippen LogP) is 2.55. The molecule has 174 valence electrons. The lowest BCUT2D eigenvalue weighted by Gasteiger charge is -2.23. The summed E-state index contributed by atoms with van der Waals surface area (Å²) in [6.45, 7) is 2.73. The zero-order valence-electron chi connectivity index (χ0n) is 17.3. The van der Waals surface area contributed by atoms with Crippen LogP contribution in [0.3, 0.4) is 0 Å². The number of carboxylic acids is 1. The largest absolute Gasteiger partial charge is 0.480 e. The number of hydrogen-bond acceptors (Lipinski definition) is 7. The monoisotopic (exact) mass is 531 g/mol. The van der Waals surface area contributed by atoms with Crippen LogP contribution in [0.4, 0.5) is 0 Å². The summed E-state index contributed by atoms with van der Waals surface area (Å²) >= 11 is 3.29. The van der Waals surface area contributed by atoms with Crippen molar-refractivity contribution >= 4 is 29.6 Å². The van der Waals surface area contributed by atoms with Crippen LogP contribution in [0.1, 0.15) is 31.6 Å². The lowest BCUT2D eigenvalue weighted by molar-refractivity contribution is -0.138. The van der Waals surface area contributed by atoms with Crippen molar-refractivity contribution in [1.82, 2.24) is 14.6 Å². The lowest BCUT2D eigenvalue weighted by Crippen LogP contribution is -2.34. The Morgan fingerprint density at radius 2 is 2.06 bits per heavy atom. The van der Waals surface area contributed by atoms with Crippen LogP contribution in [-0.4, -0.2) is 39.4 Å². The summed E-state index contributed by atoms with van der Waals surface area (Å²) in [5.41, 5.74) is -0.686. The second-order valence-corrected chi connectivity index (χ2v) is 9.91. The van der Waals surface area contributed by atoms with Gasteiger partial charge >= 0.3 is 19.4 Å². The highest BCUT2D eigenvalue weighted by Gasteiger charge is 2.35. The molecule has 0 bridgehead atoms. The zero-order chi connectivity index (χ0) is 23.5. The highest BCUT2D eigenvalue weighted by molar-refractivity contribution is 9.10. The Kier molecular flexibility index (Phi) is 7.73. The molecule has 0 spiro atoms. The number of halogens is 1. The molecule has 1 saturated heterocycles. The fourth-order valence-corrected chi connectivity index (χ4v) is 4.80. The maximum Gasteiger partial charge on any atom is 0.459 e. The molecule has 32 heavy (non-hydrogen) atoms. The first-order valence-electron chi connectivity index (χ1n) is 9.74. The van der Waals surface area contributed by atoms with Gasteiger partial charge in [0.25, 0.3) is 5.56 Å². The van der Waals surface area contributed by atoms with Gasteiger partial charge in [0.2, 0.25) is 0 Å². The quantitative estimate of drug-likeness (QED) is 0.415. The minimum absolute atomic E-state index is 0.166. The Hall–Kier alpha value is -2.24. The van der Waals surface area contributed by atoms with E-state index in [4.69, 9.17) is 13.8 Å². The standard InChI is InChI=1S/C19H23BrN3O8P/c1-11-9-23(19(27)21-17(11)24)16-8-7-15(30-16)10-29-32(28,22-12(2)18(25)26)31-14-5-3-13(20)4-6-14/h3-6,9,12,15-16H,7-8,10H2,1-2H3,(H,22,28)(H,25,26)(H,21,24,27)/t12?,15-,16+,32?/m0/s1. The third-order valence-corrected chi connectivity index (χ3v) is 6.91. The van der Waals surface area contributed by atoms with Gasteiger partial charge in [0.15, 0.2) is 0 Å². The molecule has 1 aromatic carbocycles. The van der Waals surface area contributed by atoms with Gasteiger partial charge in [-0.05, 0) is 51.0 Å². The SMILES string of the molecule is Cc1cn([C@H]2CC[C@@H](COP(=O)(NC(C)C(=O)O)Oc3ccc(Br)cc3)O2)c(=O)[nH]c1=O. The number of aryl methyl sites for hydroxylation is 1. The number of rotatable bonds is 9. The molecular formula is C19H23BrN3O8P. The van der Waals surface area contributed by atoms with Crippen LogP contribution in [0, 0.1) is 6.92 Å². The lowest BCUT2D eigenvalue weighted by atomic mass is 10.2. The maximum absolute atomic E-state index is 13.2. The molecule has 2 aromatic rings. The van der Waals surface area contributed by atoms with E-state index < -0.39 is 43.3 Å². The van der Waals surface area contributed by atoms with Crippen molar-refractivity contribution in [3.05, 3.63) is 61.3 Å². The van der Waals surface area contributed by atoms with Crippen LogP contribution < -0.4 is 20.9 Å². The third kappa shape index (κ3) is 6.17. The van der Waals surface area contributed by atoms with Crippen LogP contribution in [0.15, 0.2) is 44.5 Å². The number of aliphatic carboxylic acids is 1. The number of ether oxygens (including phenoxy) is 1. The van der Waals surface area contributed by atoms with E-state index in [9.17, 15) is 24.1 Å². The van der Waals surface area contributed by atoms with E-state index in [1.54, 1.807) is 31.2 Å². The number of benzene rings is 1. The molecule has 1 aromatic heterocycles. The van der Waals surface area contributed by atoms with E-state index in [1.807, 2.05) is 0 Å². The summed E-state index contributed by atoms with van der Waals surface area (Å²) in [6, 6.07) is 5.26. The number of carboxylic acid groups (broad SMARTS) is 1. The molecule has 0 saturated carbocycles. The van der Waals surface area contributed by atoms with Gasteiger partial charge in [0, 0.05) is 16.2 Å². The van der Waals surface area contributed by atoms with Gasteiger partial charge in [0.05, 0.1) is 12.7 Å². The molecule has 0 radical (unpaired) electrons. The van der Waals surface area contributed by atoms with Gasteiger partial charge in [-0.15, -0.1) is 0 Å². The van der Waals surface area contributed by atoms with Crippen LogP contribution in [0.2, 0.25) is 0 Å². The molecule has 2 heterocycles. The summed E-state index contributed by atoms with van der Waals surface area (Å²) in [6.07, 6.45) is 1.23. The van der Waals surface area contributed by atoms with Crippen LogP contribution in [-0.2, 0) is 18.6 Å². The topological polar surface area (TPSA) is 149 Å². The normalized spacial score (nSPS) is 21.1. The highest BCUT2D eigenvalue weighted by Crippen LogP contribution is 2.46. The summed E-state index contributed by atoms with van der Waals surface area (Å²) in [4.78, 5) is 37.1. The number of aromatic nitrogens is 2. The Morgan fingerprint density at radius 3 is 2.72 bits per heavy atom. The first kappa shape index (κ1) is 24.4. The highest BCUT2D eigenvalue weighted by atomic mass is 79.9. The van der Waals surface area contributed by atoms with Gasteiger partial charge < -0.3 is 14.4 Å². The molecule has 2 unspecified atom stereocenters. The van der Waals surface area contributed by atoms with Gasteiger partial charge in [0.1, 0.15) is 18.0 Å². The average Bonchev–Trinajstić information content (AvgIpc) is 3.20. The first-order valence-corrected chi connectivity index (χ1v) is 12.1. The van der Waals surface area contributed by atoms with Crippen molar-refractivity contribution in [1.29, 1.82) is 0 Å². The van der Waals surface area contributed by atoms with Gasteiger partial charge in [-0.25, -0.2) is 9.36 Å². The first-order chi connectivity index (χ1) is 15.1. The Bertz CT molecular complexity index is 1130. The Labute approximate surface area is 191 Å². The van der Waals surface area contributed by atoms with Gasteiger partial charge in [-0.2, -0.15) is 5.09 Å². The number of H-pyrrole nitrogens is 1. The fourth-order valence-electron chi connectivity index (χ4n) is 3.01. The number of nitrogens with zero attached hydrogens (tertiary/aromatic N) is 1. The van der Waals surface area contributed by atoms with E-state index in [-0.39, 0.29) is 12.4 Å².